The summed E-state index contributed by atoms with van der Waals surface area (Å²) in [5.74, 6) is -1.22. The van der Waals surface area contributed by atoms with Crippen LogP contribution in [0.4, 0.5) is 22.4 Å². The molecule has 0 unspecified atom stereocenters. The summed E-state index contributed by atoms with van der Waals surface area (Å²) in [4.78, 5) is 12.3. The summed E-state index contributed by atoms with van der Waals surface area (Å²) in [7, 11) is -4.10. The highest BCUT2D eigenvalue weighted by atomic mass is 32.2. The standard InChI is InChI=1S/C25H24F4N2O4S/c26-23-12-5-4-10-20(23)14-22(31-24(32)35-16-18-7-2-1-3-8-18)17-36(33,34)30-15-19-9-6-11-21(13-19)25(27,28)29/h1-13,22,30H,14-17H2,(H,31,32)/t22-/m1/s1. The van der Waals surface area contributed by atoms with Crippen LogP contribution in [-0.2, 0) is 40.5 Å². The number of rotatable bonds is 10. The number of carbonyl (C=O) groups is 1. The predicted octanol–water partition coefficient (Wildman–Crippen LogP) is 4.80. The summed E-state index contributed by atoms with van der Waals surface area (Å²) in [6.07, 6.45) is -5.62. The van der Waals surface area contributed by atoms with E-state index >= 15 is 0 Å². The summed E-state index contributed by atoms with van der Waals surface area (Å²) < 4.78 is 85.8. The molecule has 3 aromatic rings. The van der Waals surface area contributed by atoms with Crippen molar-refractivity contribution in [2.75, 3.05) is 5.75 Å². The molecule has 0 bridgehead atoms. The number of carbonyl (C=O) groups excluding carboxylic acids is 1. The highest BCUT2D eigenvalue weighted by molar-refractivity contribution is 7.89. The van der Waals surface area contributed by atoms with Crippen LogP contribution in [0.25, 0.3) is 0 Å². The normalized spacial score (nSPS) is 12.7. The van der Waals surface area contributed by atoms with E-state index in [1.807, 2.05) is 0 Å². The number of amides is 1. The van der Waals surface area contributed by atoms with Crippen molar-refractivity contribution in [3.05, 3.63) is 107 Å². The average Bonchev–Trinajstić information content (AvgIpc) is 2.83. The first kappa shape index (κ1) is 27.2. The number of nitrogens with one attached hydrogen (secondary N) is 2. The Morgan fingerprint density at radius 2 is 1.58 bits per heavy atom. The molecule has 0 spiro atoms. The van der Waals surface area contributed by atoms with Crippen LogP contribution in [0.1, 0.15) is 22.3 Å². The third-order valence-corrected chi connectivity index (χ3v) is 6.56. The molecule has 1 atom stereocenters. The first-order valence-corrected chi connectivity index (χ1v) is 12.5. The average molecular weight is 525 g/mol. The molecule has 11 heteroatoms. The van der Waals surface area contributed by atoms with Crippen LogP contribution < -0.4 is 10.0 Å². The van der Waals surface area contributed by atoms with E-state index in [1.165, 1.54) is 30.3 Å². The second-order valence-electron chi connectivity index (χ2n) is 8.00. The monoisotopic (exact) mass is 524 g/mol. The summed E-state index contributed by atoms with van der Waals surface area (Å²) in [6.45, 7) is -0.448. The molecule has 0 saturated carbocycles. The Kier molecular flexibility index (Phi) is 9.05. The van der Waals surface area contributed by atoms with Crippen LogP contribution >= 0.6 is 0 Å². The maximum Gasteiger partial charge on any atom is 0.416 e. The number of halogens is 4. The molecule has 1 amide bonds. The molecule has 0 saturated heterocycles. The molecular weight excluding hydrogens is 500 g/mol. The van der Waals surface area contributed by atoms with Crippen molar-refractivity contribution >= 4 is 16.1 Å². The van der Waals surface area contributed by atoms with Gasteiger partial charge in [-0.1, -0.05) is 66.7 Å². The molecule has 0 aliphatic rings. The first-order chi connectivity index (χ1) is 17.0. The minimum Gasteiger partial charge on any atom is -0.445 e. The van der Waals surface area contributed by atoms with Gasteiger partial charge >= 0.3 is 12.3 Å². The zero-order valence-corrected chi connectivity index (χ0v) is 19.8. The minimum atomic E-state index is -4.57. The number of hydrogen-bond acceptors (Lipinski definition) is 4. The van der Waals surface area contributed by atoms with Crippen LogP contribution in [-0.4, -0.2) is 26.3 Å². The zero-order valence-electron chi connectivity index (χ0n) is 19.0. The zero-order chi connectivity index (χ0) is 26.2. The molecule has 3 aromatic carbocycles. The predicted molar refractivity (Wildman–Crippen MR) is 126 cm³/mol. The number of sulfonamides is 1. The van der Waals surface area contributed by atoms with Crippen molar-refractivity contribution in [1.82, 2.24) is 10.0 Å². The summed E-state index contributed by atoms with van der Waals surface area (Å²) in [6, 6.07) is 17.7. The lowest BCUT2D eigenvalue weighted by Gasteiger charge is -2.20. The van der Waals surface area contributed by atoms with E-state index in [-0.39, 0.29) is 24.2 Å². The van der Waals surface area contributed by atoms with Gasteiger partial charge in [0.25, 0.3) is 0 Å². The van der Waals surface area contributed by atoms with Gasteiger partial charge in [0.05, 0.1) is 17.4 Å². The van der Waals surface area contributed by atoms with E-state index in [1.54, 1.807) is 36.4 Å². The molecule has 0 aliphatic heterocycles. The van der Waals surface area contributed by atoms with E-state index in [4.69, 9.17) is 4.74 Å². The molecule has 36 heavy (non-hydrogen) atoms. The highest BCUT2D eigenvalue weighted by Gasteiger charge is 2.30. The van der Waals surface area contributed by atoms with Crippen LogP contribution in [0.5, 0.6) is 0 Å². The number of hydrogen-bond donors (Lipinski definition) is 2. The minimum absolute atomic E-state index is 0.0559. The Morgan fingerprint density at radius 3 is 2.28 bits per heavy atom. The van der Waals surface area contributed by atoms with Crippen LogP contribution in [0.3, 0.4) is 0 Å². The van der Waals surface area contributed by atoms with Gasteiger partial charge in [-0.2, -0.15) is 13.2 Å². The SMILES string of the molecule is O=C(N[C@H](Cc1ccccc1F)CS(=O)(=O)NCc1cccc(C(F)(F)F)c1)OCc1ccccc1. The molecule has 0 radical (unpaired) electrons. The van der Waals surface area contributed by atoms with Gasteiger partial charge in [-0.25, -0.2) is 22.3 Å². The Balaban J connectivity index is 1.68. The fourth-order valence-electron chi connectivity index (χ4n) is 3.39. The number of ether oxygens (including phenoxy) is 1. The molecule has 6 nitrogen and oxygen atoms in total. The molecule has 192 valence electrons. The van der Waals surface area contributed by atoms with Crippen molar-refractivity contribution < 1.29 is 35.5 Å². The van der Waals surface area contributed by atoms with Crippen LogP contribution in [0.2, 0.25) is 0 Å². The van der Waals surface area contributed by atoms with E-state index in [9.17, 15) is 30.8 Å². The molecule has 0 fully saturated rings. The molecular formula is C25H24F4N2O4S. The van der Waals surface area contributed by atoms with Crippen LogP contribution in [0, 0.1) is 5.82 Å². The lowest BCUT2D eigenvalue weighted by atomic mass is 10.1. The maximum absolute atomic E-state index is 14.2. The van der Waals surface area contributed by atoms with E-state index in [0.29, 0.717) is 5.56 Å². The van der Waals surface area contributed by atoms with Crippen molar-refractivity contribution in [2.45, 2.75) is 31.8 Å². The molecule has 3 rings (SSSR count). The number of alkyl carbamates (subject to hydrolysis) is 1. The summed E-state index contributed by atoms with van der Waals surface area (Å²) in [5.41, 5.74) is 0.0985. The van der Waals surface area contributed by atoms with Gasteiger partial charge in [0, 0.05) is 6.54 Å². The van der Waals surface area contributed by atoms with Gasteiger partial charge in [0.15, 0.2) is 0 Å². The van der Waals surface area contributed by atoms with Crippen molar-refractivity contribution in [1.29, 1.82) is 0 Å². The highest BCUT2D eigenvalue weighted by Crippen LogP contribution is 2.29. The smallest absolute Gasteiger partial charge is 0.416 e. The molecule has 2 N–H and O–H groups in total. The van der Waals surface area contributed by atoms with Gasteiger partial charge in [-0.05, 0) is 35.2 Å². The third-order valence-electron chi connectivity index (χ3n) is 5.13. The Morgan fingerprint density at radius 1 is 0.917 bits per heavy atom. The van der Waals surface area contributed by atoms with Gasteiger partial charge in [0.2, 0.25) is 10.0 Å². The first-order valence-electron chi connectivity index (χ1n) is 10.9. The summed E-state index contributed by atoms with van der Waals surface area (Å²) in [5, 5.41) is 2.45. The Bertz CT molecular complexity index is 1270. The quantitative estimate of drug-likeness (QED) is 0.373. The van der Waals surface area contributed by atoms with Gasteiger partial charge in [-0.15, -0.1) is 0 Å². The Labute approximate surface area is 206 Å². The Hall–Kier alpha value is -3.44. The van der Waals surface area contributed by atoms with E-state index in [0.717, 1.165) is 12.1 Å². The third kappa shape index (κ3) is 8.65. The fraction of sp³-hybridized carbons (Fsp3) is 0.240. The van der Waals surface area contributed by atoms with Crippen molar-refractivity contribution in [3.8, 4) is 0 Å². The van der Waals surface area contributed by atoms with E-state index in [2.05, 4.69) is 10.0 Å². The van der Waals surface area contributed by atoms with Gasteiger partial charge in [0.1, 0.15) is 12.4 Å². The number of benzene rings is 3. The van der Waals surface area contributed by atoms with Gasteiger partial charge in [-0.3, -0.25) is 0 Å². The fourth-order valence-corrected chi connectivity index (χ4v) is 4.62. The molecule has 0 heterocycles. The van der Waals surface area contributed by atoms with E-state index < -0.39 is 52.0 Å². The topological polar surface area (TPSA) is 84.5 Å². The summed E-state index contributed by atoms with van der Waals surface area (Å²) >= 11 is 0. The molecule has 0 aliphatic carbocycles. The van der Waals surface area contributed by atoms with Gasteiger partial charge < -0.3 is 10.1 Å². The largest absolute Gasteiger partial charge is 0.445 e. The maximum atomic E-state index is 14.2. The van der Waals surface area contributed by atoms with Crippen molar-refractivity contribution in [2.24, 2.45) is 0 Å². The number of alkyl halides is 3. The second-order valence-corrected chi connectivity index (χ2v) is 9.85. The lowest BCUT2D eigenvalue weighted by Crippen LogP contribution is -2.44. The molecule has 0 aromatic heterocycles. The second kappa shape index (κ2) is 12.0. The van der Waals surface area contributed by atoms with Crippen molar-refractivity contribution in [3.63, 3.8) is 0 Å². The van der Waals surface area contributed by atoms with Crippen LogP contribution in [0.15, 0.2) is 78.9 Å². The lowest BCUT2D eigenvalue weighted by molar-refractivity contribution is -0.137.